The van der Waals surface area contributed by atoms with Crippen LogP contribution in [-0.4, -0.2) is 26.0 Å². The van der Waals surface area contributed by atoms with Crippen molar-refractivity contribution < 1.29 is 8.42 Å². The lowest BCUT2D eigenvalue weighted by Gasteiger charge is -2.36. The van der Waals surface area contributed by atoms with Gasteiger partial charge in [-0.25, -0.2) is 8.42 Å². The fourth-order valence-corrected chi connectivity index (χ4v) is 4.49. The average molecular weight is 309 g/mol. The summed E-state index contributed by atoms with van der Waals surface area (Å²) in [4.78, 5) is 0. The molecule has 21 heavy (non-hydrogen) atoms. The molecule has 0 spiro atoms. The zero-order valence-electron chi connectivity index (χ0n) is 12.9. The van der Waals surface area contributed by atoms with E-state index in [2.05, 4.69) is 24.3 Å². The van der Waals surface area contributed by atoms with Crippen LogP contribution in [0.25, 0.3) is 0 Å². The van der Waals surface area contributed by atoms with Crippen LogP contribution in [0.1, 0.15) is 51.0 Å². The van der Waals surface area contributed by atoms with Crippen molar-refractivity contribution in [3.8, 4) is 0 Å². The Morgan fingerprint density at radius 3 is 2.38 bits per heavy atom. The van der Waals surface area contributed by atoms with Crippen molar-refractivity contribution in [1.82, 2.24) is 0 Å². The molecule has 0 saturated heterocycles. The summed E-state index contributed by atoms with van der Waals surface area (Å²) < 4.78 is 23.2. The van der Waals surface area contributed by atoms with Gasteiger partial charge in [-0.2, -0.15) is 0 Å². The number of hydrogen-bond donors (Lipinski definition) is 1. The number of nitrogens with two attached hydrogens (primary N) is 1. The molecule has 1 aliphatic carbocycles. The summed E-state index contributed by atoms with van der Waals surface area (Å²) in [6, 6.07) is 10.6. The van der Waals surface area contributed by atoms with Gasteiger partial charge in [0.2, 0.25) is 0 Å². The van der Waals surface area contributed by atoms with E-state index in [0.29, 0.717) is 6.42 Å². The van der Waals surface area contributed by atoms with Gasteiger partial charge < -0.3 is 5.73 Å². The largest absolute Gasteiger partial charge is 0.327 e. The Morgan fingerprint density at radius 2 is 1.81 bits per heavy atom. The molecule has 2 rings (SSSR count). The molecule has 1 atom stereocenters. The Bertz CT molecular complexity index is 533. The predicted octanol–water partition coefficient (Wildman–Crippen LogP) is 3.04. The SMILES string of the molecule is CCS(=O)(=O)CCCC(N)C1(c2ccccc2)CCCC1. The maximum Gasteiger partial charge on any atom is 0.150 e. The second kappa shape index (κ2) is 6.93. The van der Waals surface area contributed by atoms with Gasteiger partial charge in [-0.15, -0.1) is 0 Å². The van der Waals surface area contributed by atoms with Gasteiger partial charge in [0.25, 0.3) is 0 Å². The first-order chi connectivity index (χ1) is 10.0. The van der Waals surface area contributed by atoms with Gasteiger partial charge in [0.05, 0.1) is 5.75 Å². The van der Waals surface area contributed by atoms with Gasteiger partial charge in [0.1, 0.15) is 9.84 Å². The summed E-state index contributed by atoms with van der Waals surface area (Å²) in [5.41, 5.74) is 7.90. The zero-order valence-corrected chi connectivity index (χ0v) is 13.7. The van der Waals surface area contributed by atoms with E-state index in [1.54, 1.807) is 6.92 Å². The minimum atomic E-state index is -2.88. The second-order valence-corrected chi connectivity index (χ2v) is 8.69. The summed E-state index contributed by atoms with van der Waals surface area (Å²) in [5.74, 6) is 0.494. The highest BCUT2D eigenvalue weighted by atomic mass is 32.2. The average Bonchev–Trinajstić information content (AvgIpc) is 2.99. The summed E-state index contributed by atoms with van der Waals surface area (Å²) >= 11 is 0. The van der Waals surface area contributed by atoms with Crippen molar-refractivity contribution in [2.75, 3.05) is 11.5 Å². The molecule has 0 heterocycles. The van der Waals surface area contributed by atoms with Crippen molar-refractivity contribution >= 4 is 9.84 Å². The minimum Gasteiger partial charge on any atom is -0.327 e. The topological polar surface area (TPSA) is 60.2 Å². The highest BCUT2D eigenvalue weighted by Gasteiger charge is 2.40. The third-order valence-electron chi connectivity index (χ3n) is 4.96. The third-order valence-corrected chi connectivity index (χ3v) is 6.75. The van der Waals surface area contributed by atoms with E-state index in [9.17, 15) is 8.42 Å². The molecule has 1 aliphatic rings. The smallest absolute Gasteiger partial charge is 0.150 e. The summed E-state index contributed by atoms with van der Waals surface area (Å²) in [6.45, 7) is 1.71. The molecule has 0 aliphatic heterocycles. The van der Waals surface area contributed by atoms with E-state index < -0.39 is 9.84 Å². The quantitative estimate of drug-likeness (QED) is 0.842. The molecule has 1 aromatic carbocycles. The van der Waals surface area contributed by atoms with Crippen LogP contribution in [0.4, 0.5) is 0 Å². The van der Waals surface area contributed by atoms with E-state index in [-0.39, 0.29) is 23.0 Å². The van der Waals surface area contributed by atoms with Gasteiger partial charge >= 0.3 is 0 Å². The Morgan fingerprint density at radius 1 is 1.19 bits per heavy atom. The van der Waals surface area contributed by atoms with Crippen molar-refractivity contribution in [2.45, 2.75) is 56.9 Å². The van der Waals surface area contributed by atoms with Crippen LogP contribution < -0.4 is 5.73 Å². The van der Waals surface area contributed by atoms with Crippen LogP contribution in [0.5, 0.6) is 0 Å². The van der Waals surface area contributed by atoms with Crippen LogP contribution in [0.15, 0.2) is 30.3 Å². The van der Waals surface area contributed by atoms with Gasteiger partial charge in [-0.3, -0.25) is 0 Å². The Hall–Kier alpha value is -0.870. The van der Waals surface area contributed by atoms with Crippen molar-refractivity contribution in [1.29, 1.82) is 0 Å². The van der Waals surface area contributed by atoms with Crippen LogP contribution in [-0.2, 0) is 15.3 Å². The lowest BCUT2D eigenvalue weighted by atomic mass is 9.72. The fraction of sp³-hybridized carbons (Fsp3) is 0.647. The van der Waals surface area contributed by atoms with Gasteiger partial charge in [0, 0.05) is 17.2 Å². The third kappa shape index (κ3) is 3.86. The van der Waals surface area contributed by atoms with Gasteiger partial charge in [-0.1, -0.05) is 50.1 Å². The first kappa shape index (κ1) is 16.5. The zero-order chi connectivity index (χ0) is 15.3. The van der Waals surface area contributed by atoms with Crippen molar-refractivity contribution in [2.24, 2.45) is 5.73 Å². The number of rotatable bonds is 7. The van der Waals surface area contributed by atoms with E-state index in [0.717, 1.165) is 19.3 Å². The molecular weight excluding hydrogens is 282 g/mol. The molecule has 118 valence electrons. The molecule has 1 saturated carbocycles. The first-order valence-corrected chi connectivity index (χ1v) is 9.84. The van der Waals surface area contributed by atoms with Crippen molar-refractivity contribution in [3.63, 3.8) is 0 Å². The fourth-order valence-electron chi connectivity index (χ4n) is 3.59. The maximum atomic E-state index is 11.6. The molecule has 2 N–H and O–H groups in total. The highest BCUT2D eigenvalue weighted by Crippen LogP contribution is 2.44. The van der Waals surface area contributed by atoms with Gasteiger partial charge in [-0.05, 0) is 31.2 Å². The number of benzene rings is 1. The molecular formula is C17H27NO2S. The minimum absolute atomic E-state index is 0.0504. The molecule has 4 heteroatoms. The van der Waals surface area contributed by atoms with E-state index in [1.807, 2.05) is 6.07 Å². The monoisotopic (exact) mass is 309 g/mol. The maximum absolute atomic E-state index is 11.6. The molecule has 1 fully saturated rings. The molecule has 1 unspecified atom stereocenters. The Balaban J connectivity index is 2.05. The first-order valence-electron chi connectivity index (χ1n) is 8.02. The van der Waals surface area contributed by atoms with Gasteiger partial charge in [0.15, 0.2) is 0 Å². The van der Waals surface area contributed by atoms with E-state index >= 15 is 0 Å². The summed E-state index contributed by atoms with van der Waals surface area (Å²) in [6.07, 6.45) is 6.14. The predicted molar refractivity (Wildman–Crippen MR) is 88.1 cm³/mol. The van der Waals surface area contributed by atoms with Crippen LogP contribution in [0.3, 0.4) is 0 Å². The highest BCUT2D eigenvalue weighted by molar-refractivity contribution is 7.91. The second-order valence-electron chi connectivity index (χ2n) is 6.21. The number of hydrogen-bond acceptors (Lipinski definition) is 3. The van der Waals surface area contributed by atoms with E-state index in [1.165, 1.54) is 18.4 Å². The molecule has 3 nitrogen and oxygen atoms in total. The lowest BCUT2D eigenvalue weighted by Crippen LogP contribution is -2.43. The summed E-state index contributed by atoms with van der Waals surface area (Å²) in [5, 5.41) is 0. The van der Waals surface area contributed by atoms with Crippen molar-refractivity contribution in [3.05, 3.63) is 35.9 Å². The van der Waals surface area contributed by atoms with Crippen LogP contribution in [0, 0.1) is 0 Å². The molecule has 0 aromatic heterocycles. The molecule has 0 radical (unpaired) electrons. The molecule has 1 aromatic rings. The molecule has 0 amide bonds. The molecule has 0 bridgehead atoms. The van der Waals surface area contributed by atoms with Crippen LogP contribution in [0.2, 0.25) is 0 Å². The lowest BCUT2D eigenvalue weighted by molar-refractivity contribution is 0.332. The number of sulfone groups is 1. The Kier molecular flexibility index (Phi) is 5.44. The van der Waals surface area contributed by atoms with E-state index in [4.69, 9.17) is 5.73 Å². The normalized spacial score (nSPS) is 19.5. The standard InChI is InChI=1S/C17H27NO2S/c1-2-21(19,20)14-8-11-16(18)17(12-6-7-13-17)15-9-4-3-5-10-15/h3-5,9-10,16H,2,6-8,11-14,18H2,1H3. The van der Waals surface area contributed by atoms with Crippen LogP contribution >= 0.6 is 0 Å². The Labute approximate surface area is 128 Å². The summed E-state index contributed by atoms with van der Waals surface area (Å²) in [7, 11) is -2.88.